The van der Waals surface area contributed by atoms with Gasteiger partial charge in [-0.2, -0.15) is 0 Å². The van der Waals surface area contributed by atoms with Crippen LogP contribution in [0, 0.1) is 0 Å². The van der Waals surface area contributed by atoms with Crippen LogP contribution in [0.2, 0.25) is 0 Å². The largest absolute Gasteiger partial charge is 0.469 e. The van der Waals surface area contributed by atoms with Crippen LogP contribution in [0.3, 0.4) is 0 Å². The van der Waals surface area contributed by atoms with Crippen molar-refractivity contribution in [3.05, 3.63) is 0 Å². The van der Waals surface area contributed by atoms with Crippen molar-refractivity contribution in [1.29, 1.82) is 0 Å². The lowest BCUT2D eigenvalue weighted by Gasteiger charge is -2.17. The van der Waals surface area contributed by atoms with Crippen LogP contribution < -0.4 is 17.2 Å². The van der Waals surface area contributed by atoms with Crippen molar-refractivity contribution in [3.8, 4) is 0 Å². The van der Waals surface area contributed by atoms with Crippen LogP contribution in [-0.4, -0.2) is 22.2 Å². The first-order valence-electron chi connectivity index (χ1n) is 2.27. The van der Waals surface area contributed by atoms with E-state index >= 15 is 0 Å². The molecule has 0 radical (unpaired) electrons. The van der Waals surface area contributed by atoms with Crippen LogP contribution >= 0.6 is 7.82 Å². The van der Waals surface area contributed by atoms with Gasteiger partial charge in [-0.3, -0.25) is 21.7 Å². The third-order valence-corrected chi connectivity index (χ3v) is 0.948. The van der Waals surface area contributed by atoms with Crippen LogP contribution in [-0.2, 0) is 9.09 Å². The van der Waals surface area contributed by atoms with Gasteiger partial charge in [0, 0.05) is 0 Å². The van der Waals surface area contributed by atoms with Crippen molar-refractivity contribution < 1.29 is 18.9 Å². The second kappa shape index (κ2) is 2.93. The van der Waals surface area contributed by atoms with E-state index in [-0.39, 0.29) is 0 Å². The van der Waals surface area contributed by atoms with Gasteiger partial charge < -0.3 is 9.79 Å². The molecule has 7 nitrogen and oxygen atoms in total. The molecule has 0 rings (SSSR count). The van der Waals surface area contributed by atoms with Gasteiger partial charge in [0.2, 0.25) is 0 Å². The quantitative estimate of drug-likeness (QED) is 0.235. The molecule has 0 saturated carbocycles. The van der Waals surface area contributed by atoms with Crippen molar-refractivity contribution in [1.82, 2.24) is 0 Å². The summed E-state index contributed by atoms with van der Waals surface area (Å²) in [6, 6.07) is 0. The van der Waals surface area contributed by atoms with Gasteiger partial charge in [-0.05, 0) is 0 Å². The maximum Gasteiger partial charge on any atom is 0.469 e. The van der Waals surface area contributed by atoms with E-state index in [4.69, 9.17) is 27.0 Å². The number of hydrogen-bond donors (Lipinski definition) is 5. The van der Waals surface area contributed by atoms with Crippen molar-refractivity contribution in [2.75, 3.05) is 6.61 Å². The van der Waals surface area contributed by atoms with Gasteiger partial charge in [-0.25, -0.2) is 4.57 Å². The zero-order valence-corrected chi connectivity index (χ0v) is 5.99. The maximum absolute atomic E-state index is 9.98. The average molecular weight is 171 g/mol. The SMILES string of the molecule is NC(N)(N)COP(=O)(O)O. The predicted molar refractivity (Wildman–Crippen MR) is 33.3 cm³/mol. The Morgan fingerprint density at radius 3 is 1.90 bits per heavy atom. The van der Waals surface area contributed by atoms with Gasteiger partial charge in [-0.1, -0.05) is 0 Å². The lowest BCUT2D eigenvalue weighted by Crippen LogP contribution is -2.61. The summed E-state index contributed by atoms with van der Waals surface area (Å²) < 4.78 is 13.9. The summed E-state index contributed by atoms with van der Waals surface area (Å²) in [5, 5.41) is 0. The molecule has 0 aromatic heterocycles. The summed E-state index contributed by atoms with van der Waals surface area (Å²) >= 11 is 0. The summed E-state index contributed by atoms with van der Waals surface area (Å²) in [6.07, 6.45) is 0. The Bertz CT molecular complexity index is 147. The predicted octanol–water partition coefficient (Wildman–Crippen LogP) is -2.37. The van der Waals surface area contributed by atoms with Gasteiger partial charge in [0.15, 0.2) is 0 Å². The van der Waals surface area contributed by atoms with Gasteiger partial charge in [-0.15, -0.1) is 0 Å². The molecule has 8 N–H and O–H groups in total. The minimum absolute atomic E-state index is 0.600. The highest BCUT2D eigenvalue weighted by molar-refractivity contribution is 7.46. The lowest BCUT2D eigenvalue weighted by molar-refractivity contribution is 0.156. The lowest BCUT2D eigenvalue weighted by atomic mass is 10.4. The zero-order chi connectivity index (χ0) is 8.41. The molecule has 0 aromatic carbocycles. The maximum atomic E-state index is 9.98. The molecule has 0 aliphatic heterocycles. The molecule has 0 saturated heterocycles. The number of rotatable bonds is 3. The van der Waals surface area contributed by atoms with E-state index in [9.17, 15) is 4.57 Å². The molecule has 0 aromatic rings. The highest BCUT2D eigenvalue weighted by Gasteiger charge is 2.20. The van der Waals surface area contributed by atoms with Gasteiger partial charge in [0.05, 0.1) is 0 Å². The normalized spacial score (nSPS) is 13.7. The summed E-state index contributed by atoms with van der Waals surface area (Å²) in [7, 11) is -4.50. The third-order valence-electron chi connectivity index (χ3n) is 0.483. The first-order valence-corrected chi connectivity index (χ1v) is 3.80. The van der Waals surface area contributed by atoms with Crippen molar-refractivity contribution in [2.24, 2.45) is 17.2 Å². The van der Waals surface area contributed by atoms with Crippen LogP contribution in [0.15, 0.2) is 0 Å². The minimum atomic E-state index is -4.50. The molecule has 0 bridgehead atoms. The molecule has 0 spiro atoms. The first-order chi connectivity index (χ1) is 4.21. The second-order valence-electron chi connectivity index (χ2n) is 1.88. The molecule has 0 atom stereocenters. The monoisotopic (exact) mass is 171 g/mol. The van der Waals surface area contributed by atoms with Crippen LogP contribution in [0.1, 0.15) is 0 Å². The van der Waals surface area contributed by atoms with Gasteiger partial charge >= 0.3 is 7.82 Å². The Hall–Kier alpha value is -0.0100. The molecular weight excluding hydrogens is 161 g/mol. The zero-order valence-electron chi connectivity index (χ0n) is 5.10. The fraction of sp³-hybridized carbons (Fsp3) is 1.00. The molecule has 8 heteroatoms. The van der Waals surface area contributed by atoms with Crippen molar-refractivity contribution in [3.63, 3.8) is 0 Å². The van der Waals surface area contributed by atoms with Crippen molar-refractivity contribution >= 4 is 7.82 Å². The molecule has 62 valence electrons. The minimum Gasteiger partial charge on any atom is -0.303 e. The Labute approximate surface area is 57.4 Å². The number of phosphoric ester groups is 1. The molecule has 0 unspecified atom stereocenters. The molecule has 10 heavy (non-hydrogen) atoms. The molecule has 0 fully saturated rings. The van der Waals surface area contributed by atoms with E-state index in [1.165, 1.54) is 0 Å². The van der Waals surface area contributed by atoms with Gasteiger partial charge in [0.1, 0.15) is 12.4 Å². The average Bonchev–Trinajstić information content (AvgIpc) is 1.57. The van der Waals surface area contributed by atoms with Crippen molar-refractivity contribution in [2.45, 2.75) is 5.79 Å². The smallest absolute Gasteiger partial charge is 0.303 e. The summed E-state index contributed by atoms with van der Waals surface area (Å²) in [6.45, 7) is -0.600. The van der Waals surface area contributed by atoms with E-state index in [0.29, 0.717) is 0 Å². The Morgan fingerprint density at radius 2 is 1.80 bits per heavy atom. The number of hydrogen-bond acceptors (Lipinski definition) is 5. The second-order valence-corrected chi connectivity index (χ2v) is 3.12. The molecule has 0 amide bonds. The van der Waals surface area contributed by atoms with Crippen LogP contribution in [0.4, 0.5) is 0 Å². The molecule has 0 aliphatic carbocycles. The molecular formula is C2H10N3O4P. The molecule has 0 aliphatic rings. The van der Waals surface area contributed by atoms with E-state index in [1.54, 1.807) is 0 Å². The summed E-state index contributed by atoms with van der Waals surface area (Å²) in [5.41, 5.74) is 14.8. The Kier molecular flexibility index (Phi) is 2.93. The van der Waals surface area contributed by atoms with E-state index in [1.807, 2.05) is 0 Å². The highest BCUT2D eigenvalue weighted by Crippen LogP contribution is 2.35. The number of nitrogens with two attached hydrogens (primary N) is 3. The fourth-order valence-electron chi connectivity index (χ4n) is 0.196. The topological polar surface area (TPSA) is 145 Å². The van der Waals surface area contributed by atoms with Gasteiger partial charge in [0.25, 0.3) is 0 Å². The van der Waals surface area contributed by atoms with E-state index in [0.717, 1.165) is 0 Å². The van der Waals surface area contributed by atoms with E-state index < -0.39 is 20.2 Å². The standard InChI is InChI=1S/C2H10N3O4P/c3-2(4,5)1-9-10(6,7)8/h1,3-5H2,(H2,6,7,8). The fourth-order valence-corrected chi connectivity index (χ4v) is 0.588. The Morgan fingerprint density at radius 1 is 1.40 bits per heavy atom. The first kappa shape index (κ1) is 9.99. The molecule has 0 heterocycles. The Balaban J connectivity index is 3.67. The number of phosphoric acid groups is 1. The summed E-state index contributed by atoms with van der Waals surface area (Å²) in [5.74, 6) is -1.71. The van der Waals surface area contributed by atoms with Crippen LogP contribution in [0.5, 0.6) is 0 Å². The van der Waals surface area contributed by atoms with E-state index in [2.05, 4.69) is 4.52 Å². The summed E-state index contributed by atoms with van der Waals surface area (Å²) in [4.78, 5) is 16.2. The highest BCUT2D eigenvalue weighted by atomic mass is 31.2. The third kappa shape index (κ3) is 7.99. The van der Waals surface area contributed by atoms with Crippen LogP contribution in [0.25, 0.3) is 0 Å².